The van der Waals surface area contributed by atoms with Crippen molar-refractivity contribution in [2.24, 2.45) is 4.99 Å². The van der Waals surface area contributed by atoms with Crippen LogP contribution >= 0.6 is 35.7 Å². The fourth-order valence-electron chi connectivity index (χ4n) is 3.20. The number of likely N-dealkylation sites (tertiary alicyclic amines) is 1. The van der Waals surface area contributed by atoms with Gasteiger partial charge in [0.1, 0.15) is 0 Å². The Balaban J connectivity index is 0.00000242. The summed E-state index contributed by atoms with van der Waals surface area (Å²) in [5.41, 5.74) is 0. The van der Waals surface area contributed by atoms with Crippen LogP contribution in [0.2, 0.25) is 0 Å². The first-order valence-corrected chi connectivity index (χ1v) is 9.41. The second kappa shape index (κ2) is 10.2. The van der Waals surface area contributed by atoms with Crippen molar-refractivity contribution in [1.29, 1.82) is 0 Å². The van der Waals surface area contributed by atoms with Crippen molar-refractivity contribution in [3.05, 3.63) is 0 Å². The Labute approximate surface area is 157 Å². The van der Waals surface area contributed by atoms with E-state index in [4.69, 9.17) is 0 Å². The highest BCUT2D eigenvalue weighted by Crippen LogP contribution is 2.29. The molecule has 1 N–H and O–H groups in total. The van der Waals surface area contributed by atoms with Crippen molar-refractivity contribution in [3.8, 4) is 0 Å². The molecule has 0 spiro atoms. The number of hydrogen-bond donors (Lipinski definition) is 1. The molecule has 2 aliphatic heterocycles. The average Bonchev–Trinajstić information content (AvgIpc) is 2.95. The van der Waals surface area contributed by atoms with E-state index in [0.29, 0.717) is 4.75 Å². The Kier molecular flexibility index (Phi) is 9.47. The first-order valence-electron chi connectivity index (χ1n) is 8.43. The van der Waals surface area contributed by atoms with E-state index in [0.717, 1.165) is 25.6 Å². The summed E-state index contributed by atoms with van der Waals surface area (Å²) in [5, 5.41) is 3.55. The SMILES string of the molecule is CN=C(NCCCCN1CCCC1)N1CCSC(C)(C)C1.I. The van der Waals surface area contributed by atoms with Gasteiger partial charge in [-0.3, -0.25) is 4.99 Å². The minimum absolute atomic E-state index is 0. The summed E-state index contributed by atoms with van der Waals surface area (Å²) < 4.78 is 0.339. The molecule has 2 rings (SSSR count). The summed E-state index contributed by atoms with van der Waals surface area (Å²) in [6, 6.07) is 0. The Hall–Kier alpha value is 0.310. The lowest BCUT2D eigenvalue weighted by molar-refractivity contribution is 0.329. The zero-order valence-electron chi connectivity index (χ0n) is 14.4. The van der Waals surface area contributed by atoms with Gasteiger partial charge in [-0.15, -0.1) is 24.0 Å². The predicted molar refractivity (Wildman–Crippen MR) is 110 cm³/mol. The Bertz CT molecular complexity index is 343. The van der Waals surface area contributed by atoms with Gasteiger partial charge in [0.25, 0.3) is 0 Å². The molecule has 2 aliphatic rings. The molecular weight excluding hydrogens is 407 g/mol. The molecule has 2 fully saturated rings. The molecule has 0 unspecified atom stereocenters. The molecule has 0 saturated carbocycles. The van der Waals surface area contributed by atoms with Crippen LogP contribution in [-0.2, 0) is 0 Å². The van der Waals surface area contributed by atoms with Crippen LogP contribution in [0.1, 0.15) is 39.5 Å². The number of hydrogen-bond acceptors (Lipinski definition) is 3. The monoisotopic (exact) mass is 440 g/mol. The van der Waals surface area contributed by atoms with E-state index in [2.05, 4.69) is 45.7 Å². The zero-order valence-corrected chi connectivity index (χ0v) is 17.6. The minimum atomic E-state index is 0. The number of rotatable bonds is 5. The van der Waals surface area contributed by atoms with Gasteiger partial charge in [0.2, 0.25) is 0 Å². The van der Waals surface area contributed by atoms with E-state index in [1.54, 1.807) is 0 Å². The largest absolute Gasteiger partial charge is 0.356 e. The lowest BCUT2D eigenvalue weighted by Crippen LogP contribution is -2.51. The maximum Gasteiger partial charge on any atom is 0.193 e. The Morgan fingerprint density at radius 1 is 1.18 bits per heavy atom. The van der Waals surface area contributed by atoms with Crippen LogP contribution in [-0.4, -0.2) is 72.6 Å². The Morgan fingerprint density at radius 3 is 2.55 bits per heavy atom. The molecule has 0 bridgehead atoms. The number of unbranched alkanes of at least 4 members (excludes halogenated alkanes) is 1. The first kappa shape index (κ1) is 20.4. The third-order valence-corrected chi connectivity index (χ3v) is 5.62. The normalized spacial score (nSPS) is 22.5. The predicted octanol–water partition coefficient (Wildman–Crippen LogP) is 2.88. The van der Waals surface area contributed by atoms with Gasteiger partial charge in [-0.2, -0.15) is 11.8 Å². The van der Waals surface area contributed by atoms with Gasteiger partial charge >= 0.3 is 0 Å². The molecule has 4 nitrogen and oxygen atoms in total. The van der Waals surface area contributed by atoms with Crippen LogP contribution in [0.4, 0.5) is 0 Å². The molecule has 0 aromatic heterocycles. The molecule has 0 atom stereocenters. The first-order chi connectivity index (χ1) is 10.1. The molecule has 0 radical (unpaired) electrons. The maximum atomic E-state index is 4.46. The Morgan fingerprint density at radius 2 is 1.91 bits per heavy atom. The van der Waals surface area contributed by atoms with Crippen LogP contribution < -0.4 is 5.32 Å². The molecule has 2 saturated heterocycles. The topological polar surface area (TPSA) is 30.9 Å². The molecule has 22 heavy (non-hydrogen) atoms. The van der Waals surface area contributed by atoms with Gasteiger partial charge in [-0.1, -0.05) is 0 Å². The van der Waals surface area contributed by atoms with Crippen LogP contribution in [0, 0.1) is 0 Å². The number of nitrogens with zero attached hydrogens (tertiary/aromatic N) is 3. The third-order valence-electron chi connectivity index (χ3n) is 4.32. The van der Waals surface area contributed by atoms with E-state index in [1.807, 2.05) is 7.05 Å². The number of thioether (sulfide) groups is 1. The van der Waals surface area contributed by atoms with Gasteiger partial charge in [0, 0.05) is 37.2 Å². The highest BCUT2D eigenvalue weighted by atomic mass is 127. The number of aliphatic imine (C=N–C) groups is 1. The van der Waals surface area contributed by atoms with Crippen molar-refractivity contribution in [3.63, 3.8) is 0 Å². The fraction of sp³-hybridized carbons (Fsp3) is 0.938. The summed E-state index contributed by atoms with van der Waals surface area (Å²) in [6.45, 7) is 11.8. The highest BCUT2D eigenvalue weighted by Gasteiger charge is 2.28. The third kappa shape index (κ3) is 6.83. The van der Waals surface area contributed by atoms with E-state index in [9.17, 15) is 0 Å². The van der Waals surface area contributed by atoms with E-state index < -0.39 is 0 Å². The molecule has 0 aromatic rings. The second-order valence-corrected chi connectivity index (χ2v) is 8.56. The zero-order chi connectivity index (χ0) is 15.1. The van der Waals surface area contributed by atoms with Crippen molar-refractivity contribution < 1.29 is 0 Å². The molecule has 0 amide bonds. The minimum Gasteiger partial charge on any atom is -0.356 e. The van der Waals surface area contributed by atoms with Crippen LogP contribution in [0.5, 0.6) is 0 Å². The summed E-state index contributed by atoms with van der Waals surface area (Å²) >= 11 is 2.07. The highest BCUT2D eigenvalue weighted by molar-refractivity contribution is 14.0. The number of nitrogens with one attached hydrogen (secondary N) is 1. The van der Waals surface area contributed by atoms with Crippen LogP contribution in [0.15, 0.2) is 4.99 Å². The van der Waals surface area contributed by atoms with Crippen LogP contribution in [0.3, 0.4) is 0 Å². The smallest absolute Gasteiger partial charge is 0.193 e. The van der Waals surface area contributed by atoms with E-state index in [-0.39, 0.29) is 24.0 Å². The molecule has 130 valence electrons. The maximum absolute atomic E-state index is 4.46. The van der Waals surface area contributed by atoms with Crippen molar-refractivity contribution >= 4 is 41.7 Å². The molecular formula is C16H33IN4S. The summed E-state index contributed by atoms with van der Waals surface area (Å²) in [4.78, 5) is 9.47. The van der Waals surface area contributed by atoms with E-state index in [1.165, 1.54) is 51.1 Å². The van der Waals surface area contributed by atoms with Gasteiger partial charge < -0.3 is 15.1 Å². The molecule has 0 aromatic carbocycles. The van der Waals surface area contributed by atoms with Gasteiger partial charge in [0.05, 0.1) is 0 Å². The van der Waals surface area contributed by atoms with Gasteiger partial charge in [-0.05, 0) is 59.2 Å². The standard InChI is InChI=1S/C16H32N4S.HI/c1-16(2)14-20(12-13-21-16)15(17-3)18-8-4-5-9-19-10-6-7-11-19;/h4-14H2,1-3H3,(H,17,18);1H. The van der Waals surface area contributed by atoms with Crippen molar-refractivity contribution in [2.75, 3.05) is 52.1 Å². The quantitative estimate of drug-likeness (QED) is 0.308. The van der Waals surface area contributed by atoms with E-state index >= 15 is 0 Å². The molecule has 2 heterocycles. The fourth-order valence-corrected chi connectivity index (χ4v) is 4.31. The van der Waals surface area contributed by atoms with Gasteiger partial charge in [0.15, 0.2) is 5.96 Å². The van der Waals surface area contributed by atoms with Crippen molar-refractivity contribution in [2.45, 2.75) is 44.3 Å². The molecule has 6 heteroatoms. The summed E-state index contributed by atoms with van der Waals surface area (Å²) in [6.07, 6.45) is 5.33. The summed E-state index contributed by atoms with van der Waals surface area (Å²) in [7, 11) is 1.90. The number of guanidine groups is 1. The second-order valence-electron chi connectivity index (χ2n) is 6.76. The average molecular weight is 440 g/mol. The van der Waals surface area contributed by atoms with Crippen LogP contribution in [0.25, 0.3) is 0 Å². The molecule has 0 aliphatic carbocycles. The summed E-state index contributed by atoms with van der Waals surface area (Å²) in [5.74, 6) is 2.28. The number of halogens is 1. The van der Waals surface area contributed by atoms with Crippen molar-refractivity contribution in [1.82, 2.24) is 15.1 Å². The van der Waals surface area contributed by atoms with Gasteiger partial charge in [-0.25, -0.2) is 0 Å². The lowest BCUT2D eigenvalue weighted by Gasteiger charge is -2.39. The lowest BCUT2D eigenvalue weighted by atomic mass is 10.2.